The van der Waals surface area contributed by atoms with Crippen molar-refractivity contribution in [1.82, 2.24) is 20.4 Å². The van der Waals surface area contributed by atoms with E-state index in [4.69, 9.17) is 9.47 Å². The lowest BCUT2D eigenvalue weighted by molar-refractivity contribution is 0.192. The van der Waals surface area contributed by atoms with Crippen LogP contribution in [0.25, 0.3) is 0 Å². The summed E-state index contributed by atoms with van der Waals surface area (Å²) in [5.74, 6) is 1.34. The van der Waals surface area contributed by atoms with Gasteiger partial charge in [0.1, 0.15) is 17.6 Å². The second kappa shape index (κ2) is 14.0. The molecule has 0 radical (unpaired) electrons. The minimum Gasteiger partial charge on any atom is -0.497 e. The second-order valence-corrected chi connectivity index (χ2v) is 8.51. The molecule has 3 rings (SSSR count). The maximum atomic E-state index is 13.1. The van der Waals surface area contributed by atoms with Crippen molar-refractivity contribution in [3.05, 3.63) is 71.8 Å². The molecule has 2 N–H and O–H groups in total. The number of carbonyl (C=O) groups is 1. The molecule has 35 heavy (non-hydrogen) atoms. The summed E-state index contributed by atoms with van der Waals surface area (Å²) in [4.78, 5) is 17.2. The topological polar surface area (TPSA) is 89.9 Å². The zero-order chi connectivity index (χ0) is 24.9. The van der Waals surface area contributed by atoms with Gasteiger partial charge in [-0.2, -0.15) is 5.26 Å². The molecule has 0 aliphatic carbocycles. The van der Waals surface area contributed by atoms with Gasteiger partial charge in [-0.25, -0.2) is 4.79 Å². The molecule has 2 aromatic carbocycles. The fourth-order valence-corrected chi connectivity index (χ4v) is 3.91. The molecule has 8 nitrogen and oxygen atoms in total. The molecule has 0 saturated carbocycles. The lowest BCUT2D eigenvalue weighted by atomic mass is 10.2. The van der Waals surface area contributed by atoms with Crippen LogP contribution in [0.5, 0.6) is 11.5 Å². The first-order chi connectivity index (χ1) is 17.1. The van der Waals surface area contributed by atoms with Crippen LogP contribution in [-0.4, -0.2) is 75.4 Å². The van der Waals surface area contributed by atoms with Gasteiger partial charge in [0.2, 0.25) is 0 Å². The van der Waals surface area contributed by atoms with Gasteiger partial charge in [-0.1, -0.05) is 30.8 Å². The molecule has 0 atom stereocenters. The van der Waals surface area contributed by atoms with Gasteiger partial charge >= 0.3 is 6.03 Å². The molecule has 1 saturated heterocycles. The summed E-state index contributed by atoms with van der Waals surface area (Å²) in [5, 5.41) is 15.6. The lowest BCUT2D eigenvalue weighted by Crippen LogP contribution is -2.46. The van der Waals surface area contributed by atoms with E-state index in [-0.39, 0.29) is 6.03 Å². The number of rotatable bonds is 12. The van der Waals surface area contributed by atoms with Gasteiger partial charge in [0.15, 0.2) is 0 Å². The lowest BCUT2D eigenvalue weighted by Gasteiger charge is -2.30. The SMILES string of the molecule is C=C(CN1CCNCC1)CN(CCCOc1ccccc1C#N)C(=O)NCc1ccc(OC)cc1. The Labute approximate surface area is 208 Å². The summed E-state index contributed by atoms with van der Waals surface area (Å²) in [6.45, 7) is 10.8. The van der Waals surface area contributed by atoms with Gasteiger partial charge < -0.3 is 25.0 Å². The van der Waals surface area contributed by atoms with Crippen LogP contribution in [0.2, 0.25) is 0 Å². The van der Waals surface area contributed by atoms with E-state index in [0.717, 1.165) is 49.6 Å². The van der Waals surface area contributed by atoms with Crippen molar-refractivity contribution in [3.63, 3.8) is 0 Å². The molecule has 0 aromatic heterocycles. The number of hydrogen-bond acceptors (Lipinski definition) is 6. The van der Waals surface area contributed by atoms with Crippen molar-refractivity contribution in [2.45, 2.75) is 13.0 Å². The maximum Gasteiger partial charge on any atom is 0.317 e. The average Bonchev–Trinajstić information content (AvgIpc) is 2.90. The summed E-state index contributed by atoms with van der Waals surface area (Å²) in [6, 6.07) is 16.8. The van der Waals surface area contributed by atoms with Gasteiger partial charge in [-0.15, -0.1) is 0 Å². The third-order valence-corrected chi connectivity index (χ3v) is 5.80. The standard InChI is InChI=1S/C27H35N5O3/c1-22(20-31-15-12-29-13-16-31)21-32(14-5-17-35-26-7-4-3-6-24(26)18-28)27(33)30-19-23-8-10-25(34-2)11-9-23/h3-4,6-11,29H,1,5,12-17,19-21H2,2H3,(H,30,33). The number of carbonyl (C=O) groups excluding carboxylic acids is 1. The number of piperazine rings is 1. The monoisotopic (exact) mass is 477 g/mol. The Kier molecular flexibility index (Phi) is 10.4. The van der Waals surface area contributed by atoms with Crippen molar-refractivity contribution in [1.29, 1.82) is 5.26 Å². The molecule has 0 unspecified atom stereocenters. The Bertz CT molecular complexity index is 997. The van der Waals surface area contributed by atoms with Crippen molar-refractivity contribution in [2.75, 3.05) is 59.5 Å². The largest absolute Gasteiger partial charge is 0.497 e. The molecular weight excluding hydrogens is 442 g/mol. The van der Waals surface area contributed by atoms with Gasteiger partial charge in [-0.3, -0.25) is 4.90 Å². The number of nitrogens with one attached hydrogen (secondary N) is 2. The molecule has 1 fully saturated rings. The Hall–Kier alpha value is -3.54. The van der Waals surface area contributed by atoms with Crippen LogP contribution in [0, 0.1) is 11.3 Å². The summed E-state index contributed by atoms with van der Waals surface area (Å²) < 4.78 is 11.0. The third kappa shape index (κ3) is 8.63. The molecule has 0 bridgehead atoms. The normalized spacial score (nSPS) is 13.5. The van der Waals surface area contributed by atoms with E-state index in [0.29, 0.717) is 44.0 Å². The molecule has 1 aliphatic rings. The number of benzene rings is 2. The highest BCUT2D eigenvalue weighted by molar-refractivity contribution is 5.74. The number of para-hydroxylation sites is 1. The Morgan fingerprint density at radius 2 is 1.94 bits per heavy atom. The highest BCUT2D eigenvalue weighted by Crippen LogP contribution is 2.17. The van der Waals surface area contributed by atoms with Crippen molar-refractivity contribution in [3.8, 4) is 17.6 Å². The van der Waals surface area contributed by atoms with E-state index in [1.807, 2.05) is 36.4 Å². The maximum absolute atomic E-state index is 13.1. The molecule has 2 aromatic rings. The number of urea groups is 1. The highest BCUT2D eigenvalue weighted by atomic mass is 16.5. The van der Waals surface area contributed by atoms with Crippen LogP contribution in [-0.2, 0) is 6.54 Å². The molecular formula is C27H35N5O3. The first-order valence-corrected chi connectivity index (χ1v) is 12.0. The Morgan fingerprint density at radius 1 is 1.20 bits per heavy atom. The molecule has 2 amide bonds. The summed E-state index contributed by atoms with van der Waals surface area (Å²) >= 11 is 0. The van der Waals surface area contributed by atoms with E-state index < -0.39 is 0 Å². The van der Waals surface area contributed by atoms with Crippen LogP contribution in [0.15, 0.2) is 60.7 Å². The van der Waals surface area contributed by atoms with E-state index in [1.165, 1.54) is 0 Å². The second-order valence-electron chi connectivity index (χ2n) is 8.51. The molecule has 186 valence electrons. The fraction of sp³-hybridized carbons (Fsp3) is 0.407. The van der Waals surface area contributed by atoms with E-state index in [1.54, 1.807) is 24.1 Å². The smallest absolute Gasteiger partial charge is 0.317 e. The molecule has 1 heterocycles. The predicted molar refractivity (Wildman–Crippen MR) is 137 cm³/mol. The first-order valence-electron chi connectivity index (χ1n) is 12.0. The summed E-state index contributed by atoms with van der Waals surface area (Å²) in [6.07, 6.45) is 0.636. The van der Waals surface area contributed by atoms with Crippen molar-refractivity contribution in [2.24, 2.45) is 0 Å². The van der Waals surface area contributed by atoms with Gasteiger partial charge in [0.25, 0.3) is 0 Å². The number of nitriles is 1. The molecule has 8 heteroatoms. The quantitative estimate of drug-likeness (QED) is 0.361. The van der Waals surface area contributed by atoms with Gasteiger partial charge in [0.05, 0.1) is 19.3 Å². The number of nitrogens with zero attached hydrogens (tertiary/aromatic N) is 3. The Balaban J connectivity index is 1.54. The predicted octanol–water partition coefficient (Wildman–Crippen LogP) is 3.01. The van der Waals surface area contributed by atoms with E-state index in [2.05, 4.69) is 28.2 Å². The fourth-order valence-electron chi connectivity index (χ4n) is 3.91. The van der Waals surface area contributed by atoms with Crippen molar-refractivity contribution >= 4 is 6.03 Å². The minimum absolute atomic E-state index is 0.139. The minimum atomic E-state index is -0.139. The number of methoxy groups -OCH3 is 1. The zero-order valence-corrected chi connectivity index (χ0v) is 20.5. The Morgan fingerprint density at radius 3 is 2.66 bits per heavy atom. The molecule has 1 aliphatic heterocycles. The first kappa shape index (κ1) is 26.1. The van der Waals surface area contributed by atoms with Crippen LogP contribution in [0.1, 0.15) is 17.5 Å². The summed E-state index contributed by atoms with van der Waals surface area (Å²) in [7, 11) is 1.63. The van der Waals surface area contributed by atoms with Crippen LogP contribution < -0.4 is 20.1 Å². The van der Waals surface area contributed by atoms with Crippen molar-refractivity contribution < 1.29 is 14.3 Å². The number of ether oxygens (including phenoxy) is 2. The zero-order valence-electron chi connectivity index (χ0n) is 20.5. The molecule has 0 spiro atoms. The number of hydrogen-bond donors (Lipinski definition) is 2. The van der Waals surface area contributed by atoms with Gasteiger partial charge in [0, 0.05) is 52.4 Å². The van der Waals surface area contributed by atoms with Crippen LogP contribution in [0.3, 0.4) is 0 Å². The number of amides is 2. The average molecular weight is 478 g/mol. The highest BCUT2D eigenvalue weighted by Gasteiger charge is 2.17. The van der Waals surface area contributed by atoms with E-state index >= 15 is 0 Å². The van der Waals surface area contributed by atoms with Crippen LogP contribution in [0.4, 0.5) is 4.79 Å². The van der Waals surface area contributed by atoms with Crippen LogP contribution >= 0.6 is 0 Å². The van der Waals surface area contributed by atoms with Gasteiger partial charge in [-0.05, 0) is 41.8 Å². The summed E-state index contributed by atoms with van der Waals surface area (Å²) in [5.41, 5.74) is 2.50. The third-order valence-electron chi connectivity index (χ3n) is 5.80. The van der Waals surface area contributed by atoms with E-state index in [9.17, 15) is 10.1 Å².